The van der Waals surface area contributed by atoms with E-state index in [4.69, 9.17) is 9.47 Å². The number of thioether (sulfide) groups is 1. The van der Waals surface area contributed by atoms with E-state index < -0.39 is 6.04 Å². The third-order valence-electron chi connectivity index (χ3n) is 7.11. The summed E-state index contributed by atoms with van der Waals surface area (Å²) in [6, 6.07) is 25.1. The zero-order chi connectivity index (χ0) is 27.5. The van der Waals surface area contributed by atoms with Crippen LogP contribution in [0.1, 0.15) is 42.4 Å². The molecule has 1 aliphatic rings. The minimum atomic E-state index is -0.617. The number of ether oxygens (including phenoxy) is 2. The SMILES string of the molecule is COc1ccc(CSCC(=O)N(Cc2cccc(OC)c2)[C@@H](Cc2ccccc2)C(=O)NC2CCCC2)cc1. The number of nitrogens with one attached hydrogen (secondary N) is 1. The molecular formula is C32H38N2O4S. The predicted molar refractivity (Wildman–Crippen MR) is 157 cm³/mol. The van der Waals surface area contributed by atoms with Crippen LogP contribution in [0.15, 0.2) is 78.9 Å². The van der Waals surface area contributed by atoms with E-state index in [2.05, 4.69) is 5.32 Å². The number of hydrogen-bond acceptors (Lipinski definition) is 5. The van der Waals surface area contributed by atoms with Gasteiger partial charge in [0.15, 0.2) is 0 Å². The largest absolute Gasteiger partial charge is 0.497 e. The van der Waals surface area contributed by atoms with Gasteiger partial charge in [0, 0.05) is 24.8 Å². The van der Waals surface area contributed by atoms with Crippen LogP contribution in [0.5, 0.6) is 11.5 Å². The van der Waals surface area contributed by atoms with Crippen molar-refractivity contribution in [3.05, 3.63) is 95.6 Å². The molecule has 4 rings (SSSR count). The molecule has 0 aromatic heterocycles. The fraction of sp³-hybridized carbons (Fsp3) is 0.375. The first-order chi connectivity index (χ1) is 19.1. The summed E-state index contributed by atoms with van der Waals surface area (Å²) in [5.74, 6) is 2.37. The zero-order valence-electron chi connectivity index (χ0n) is 22.8. The maximum absolute atomic E-state index is 13.8. The lowest BCUT2D eigenvalue weighted by Gasteiger charge is -2.32. The average molecular weight is 547 g/mol. The Kier molecular flexibility index (Phi) is 10.7. The number of carbonyl (C=O) groups is 2. The van der Waals surface area contributed by atoms with Gasteiger partial charge < -0.3 is 19.7 Å². The molecule has 0 spiro atoms. The van der Waals surface area contributed by atoms with Crippen molar-refractivity contribution in [1.29, 1.82) is 0 Å². The Balaban J connectivity index is 1.56. The Hall–Kier alpha value is -3.45. The van der Waals surface area contributed by atoms with Gasteiger partial charge in [-0.3, -0.25) is 9.59 Å². The van der Waals surface area contributed by atoms with Crippen LogP contribution in [0.4, 0.5) is 0 Å². The Morgan fingerprint density at radius 1 is 0.872 bits per heavy atom. The Bertz CT molecular complexity index is 1200. The number of methoxy groups -OCH3 is 2. The van der Waals surface area contributed by atoms with Crippen molar-refractivity contribution in [1.82, 2.24) is 10.2 Å². The number of nitrogens with zero attached hydrogens (tertiary/aromatic N) is 1. The molecule has 1 N–H and O–H groups in total. The summed E-state index contributed by atoms with van der Waals surface area (Å²) in [5.41, 5.74) is 3.07. The first kappa shape index (κ1) is 28.6. The molecule has 39 heavy (non-hydrogen) atoms. The smallest absolute Gasteiger partial charge is 0.243 e. The summed E-state index contributed by atoms with van der Waals surface area (Å²) in [5, 5.41) is 3.26. The van der Waals surface area contributed by atoms with Gasteiger partial charge >= 0.3 is 0 Å². The monoisotopic (exact) mass is 546 g/mol. The van der Waals surface area contributed by atoms with E-state index in [-0.39, 0.29) is 23.6 Å². The lowest BCUT2D eigenvalue weighted by molar-refractivity contribution is -0.139. The number of carbonyl (C=O) groups excluding carboxylic acids is 2. The molecule has 0 heterocycles. The van der Waals surface area contributed by atoms with E-state index in [1.54, 1.807) is 30.9 Å². The van der Waals surface area contributed by atoms with Crippen molar-refractivity contribution in [3.8, 4) is 11.5 Å². The van der Waals surface area contributed by atoms with Crippen molar-refractivity contribution >= 4 is 23.6 Å². The molecule has 206 valence electrons. The number of rotatable bonds is 13. The van der Waals surface area contributed by atoms with Crippen LogP contribution in [0.25, 0.3) is 0 Å². The van der Waals surface area contributed by atoms with E-state index in [0.29, 0.717) is 18.7 Å². The summed E-state index contributed by atoms with van der Waals surface area (Å²) in [6.07, 6.45) is 4.69. The topological polar surface area (TPSA) is 67.9 Å². The van der Waals surface area contributed by atoms with Gasteiger partial charge in [-0.15, -0.1) is 11.8 Å². The van der Waals surface area contributed by atoms with Gasteiger partial charge in [-0.1, -0.05) is 67.4 Å². The highest BCUT2D eigenvalue weighted by Crippen LogP contribution is 2.23. The Morgan fingerprint density at radius 3 is 2.26 bits per heavy atom. The van der Waals surface area contributed by atoms with E-state index in [1.807, 2.05) is 78.9 Å². The molecule has 0 unspecified atom stereocenters. The number of amides is 2. The van der Waals surface area contributed by atoms with Crippen molar-refractivity contribution in [2.45, 2.75) is 56.5 Å². The molecule has 3 aromatic carbocycles. The molecule has 1 fully saturated rings. The molecule has 2 amide bonds. The van der Waals surface area contributed by atoms with Gasteiger partial charge in [-0.05, 0) is 53.8 Å². The van der Waals surface area contributed by atoms with Gasteiger partial charge in [0.05, 0.1) is 20.0 Å². The second-order valence-electron chi connectivity index (χ2n) is 9.91. The molecule has 0 bridgehead atoms. The maximum atomic E-state index is 13.8. The van der Waals surface area contributed by atoms with Crippen LogP contribution in [-0.4, -0.2) is 48.8 Å². The third kappa shape index (κ3) is 8.52. The summed E-state index contributed by atoms with van der Waals surface area (Å²) < 4.78 is 10.7. The second-order valence-corrected chi connectivity index (χ2v) is 10.9. The standard InChI is InChI=1S/C32H38N2O4S/c1-37-28-17-15-25(16-18-28)22-39-23-31(35)34(21-26-11-8-14-29(19-26)38-2)30(20-24-9-4-3-5-10-24)32(36)33-27-12-6-7-13-27/h3-5,8-11,14-19,27,30H,6-7,12-13,20-23H2,1-2H3,(H,33,36)/t30-/m0/s1. The number of benzene rings is 3. The molecule has 0 radical (unpaired) electrons. The molecule has 1 saturated carbocycles. The highest BCUT2D eigenvalue weighted by molar-refractivity contribution is 7.99. The van der Waals surface area contributed by atoms with Gasteiger partial charge in [0.25, 0.3) is 0 Å². The average Bonchev–Trinajstić information content (AvgIpc) is 3.49. The molecular weight excluding hydrogens is 508 g/mol. The number of hydrogen-bond donors (Lipinski definition) is 1. The van der Waals surface area contributed by atoms with Gasteiger partial charge in [-0.25, -0.2) is 0 Å². The zero-order valence-corrected chi connectivity index (χ0v) is 23.6. The highest BCUT2D eigenvalue weighted by atomic mass is 32.2. The van der Waals surface area contributed by atoms with Crippen molar-refractivity contribution in [2.75, 3.05) is 20.0 Å². The van der Waals surface area contributed by atoms with E-state index in [1.165, 1.54) is 0 Å². The molecule has 0 aliphatic heterocycles. The van der Waals surface area contributed by atoms with Gasteiger partial charge in [0.2, 0.25) is 11.8 Å². The molecule has 1 atom stereocenters. The lowest BCUT2D eigenvalue weighted by Crippen LogP contribution is -2.52. The molecule has 6 nitrogen and oxygen atoms in total. The maximum Gasteiger partial charge on any atom is 0.243 e. The summed E-state index contributed by atoms with van der Waals surface area (Å²) >= 11 is 1.55. The van der Waals surface area contributed by atoms with Gasteiger partial charge in [0.1, 0.15) is 17.5 Å². The van der Waals surface area contributed by atoms with Crippen LogP contribution < -0.4 is 14.8 Å². The quantitative estimate of drug-likeness (QED) is 0.301. The first-order valence-electron chi connectivity index (χ1n) is 13.5. The minimum absolute atomic E-state index is 0.0566. The van der Waals surface area contributed by atoms with Crippen LogP contribution in [-0.2, 0) is 28.3 Å². The van der Waals surface area contributed by atoms with Crippen LogP contribution in [0.3, 0.4) is 0 Å². The van der Waals surface area contributed by atoms with Crippen LogP contribution >= 0.6 is 11.8 Å². The summed E-state index contributed by atoms with van der Waals surface area (Å²) in [6.45, 7) is 0.328. The molecule has 7 heteroatoms. The van der Waals surface area contributed by atoms with Crippen molar-refractivity contribution in [2.24, 2.45) is 0 Å². The van der Waals surface area contributed by atoms with Crippen LogP contribution in [0.2, 0.25) is 0 Å². The van der Waals surface area contributed by atoms with E-state index >= 15 is 0 Å². The Labute approximate surface area is 236 Å². The Morgan fingerprint density at radius 2 is 1.56 bits per heavy atom. The van der Waals surface area contributed by atoms with Crippen molar-refractivity contribution < 1.29 is 19.1 Å². The lowest BCUT2D eigenvalue weighted by atomic mass is 10.0. The minimum Gasteiger partial charge on any atom is -0.497 e. The van der Waals surface area contributed by atoms with Crippen molar-refractivity contribution in [3.63, 3.8) is 0 Å². The molecule has 1 aliphatic carbocycles. The van der Waals surface area contributed by atoms with Crippen LogP contribution in [0, 0.1) is 0 Å². The van der Waals surface area contributed by atoms with E-state index in [9.17, 15) is 9.59 Å². The first-order valence-corrected chi connectivity index (χ1v) is 14.7. The fourth-order valence-corrected chi connectivity index (χ4v) is 5.82. The summed E-state index contributed by atoms with van der Waals surface area (Å²) in [4.78, 5) is 29.4. The molecule has 0 saturated heterocycles. The van der Waals surface area contributed by atoms with E-state index in [0.717, 1.165) is 53.9 Å². The highest BCUT2D eigenvalue weighted by Gasteiger charge is 2.32. The second kappa shape index (κ2) is 14.6. The predicted octanol–water partition coefficient (Wildman–Crippen LogP) is 5.64. The van der Waals surface area contributed by atoms with Gasteiger partial charge in [-0.2, -0.15) is 0 Å². The third-order valence-corrected chi connectivity index (χ3v) is 8.10. The normalized spacial score (nSPS) is 14.0. The fourth-order valence-electron chi connectivity index (χ4n) is 4.95. The molecule has 3 aromatic rings. The summed E-state index contributed by atoms with van der Waals surface area (Å²) in [7, 11) is 3.28.